The summed E-state index contributed by atoms with van der Waals surface area (Å²) in [4.78, 5) is 0. The van der Waals surface area contributed by atoms with Crippen molar-refractivity contribution in [3.63, 3.8) is 0 Å². The largest absolute Gasteiger partial charge is 0.497 e. The van der Waals surface area contributed by atoms with Crippen LogP contribution in [0.15, 0.2) is 48.5 Å². The van der Waals surface area contributed by atoms with Gasteiger partial charge in [0, 0.05) is 11.8 Å². The lowest BCUT2D eigenvalue weighted by Crippen LogP contribution is -2.39. The Morgan fingerprint density at radius 2 is 1.76 bits per heavy atom. The highest BCUT2D eigenvalue weighted by atomic mass is 32.1. The maximum atomic E-state index is 5.74. The minimum Gasteiger partial charge on any atom is -0.497 e. The van der Waals surface area contributed by atoms with E-state index < -0.39 is 0 Å². The van der Waals surface area contributed by atoms with Crippen molar-refractivity contribution in [1.29, 1.82) is 0 Å². The molecule has 5 nitrogen and oxygen atoms in total. The fourth-order valence-electron chi connectivity index (χ4n) is 2.16. The Kier molecular flexibility index (Phi) is 7.35. The molecule has 0 aliphatic heterocycles. The van der Waals surface area contributed by atoms with Crippen molar-refractivity contribution in [3.8, 4) is 17.2 Å². The first-order chi connectivity index (χ1) is 12.1. The Hall–Kier alpha value is -2.47. The average molecular weight is 360 g/mol. The highest BCUT2D eigenvalue weighted by Gasteiger charge is 2.06. The van der Waals surface area contributed by atoms with Gasteiger partial charge in [0.15, 0.2) is 5.11 Å². The van der Waals surface area contributed by atoms with E-state index in [9.17, 15) is 0 Å². The van der Waals surface area contributed by atoms with Crippen LogP contribution in [0.4, 0.5) is 5.69 Å². The lowest BCUT2D eigenvalue weighted by atomic mass is 10.3. The minimum absolute atomic E-state index is 0.0529. The van der Waals surface area contributed by atoms with Crippen molar-refractivity contribution < 1.29 is 14.2 Å². The van der Waals surface area contributed by atoms with Crippen LogP contribution in [0.3, 0.4) is 0 Å². The van der Waals surface area contributed by atoms with Crippen LogP contribution in [-0.2, 0) is 0 Å². The van der Waals surface area contributed by atoms with Gasteiger partial charge in [-0.1, -0.05) is 6.07 Å². The molecule has 134 valence electrons. The zero-order valence-electron chi connectivity index (χ0n) is 14.7. The standard InChI is InChI=1S/C19H24N2O3S/c1-4-23-18-7-5-6-15(12-18)21-19(25)20-14(2)13-24-17-10-8-16(22-3)9-11-17/h5-12,14H,4,13H2,1-3H3,(H2,20,21,25)/t14-/m0/s1. The van der Waals surface area contributed by atoms with Gasteiger partial charge in [-0.3, -0.25) is 0 Å². The summed E-state index contributed by atoms with van der Waals surface area (Å²) in [6.07, 6.45) is 0. The Balaban J connectivity index is 1.78. The van der Waals surface area contributed by atoms with Gasteiger partial charge in [-0.25, -0.2) is 0 Å². The predicted octanol–water partition coefficient (Wildman–Crippen LogP) is 3.85. The summed E-state index contributed by atoms with van der Waals surface area (Å²) < 4.78 is 16.3. The van der Waals surface area contributed by atoms with E-state index in [1.54, 1.807) is 7.11 Å². The molecular weight excluding hydrogens is 336 g/mol. The molecule has 0 saturated carbocycles. The van der Waals surface area contributed by atoms with E-state index in [1.165, 1.54) is 0 Å². The number of nitrogens with one attached hydrogen (secondary N) is 2. The third-order valence-corrected chi connectivity index (χ3v) is 3.56. The number of rotatable bonds is 8. The van der Waals surface area contributed by atoms with Gasteiger partial charge < -0.3 is 24.8 Å². The van der Waals surface area contributed by atoms with E-state index in [2.05, 4.69) is 10.6 Å². The van der Waals surface area contributed by atoms with Gasteiger partial charge in [0.25, 0.3) is 0 Å². The molecule has 2 rings (SSSR count). The van der Waals surface area contributed by atoms with Crippen molar-refractivity contribution >= 4 is 23.0 Å². The molecule has 6 heteroatoms. The van der Waals surface area contributed by atoms with Gasteiger partial charge in [-0.05, 0) is 62.5 Å². The Bertz CT molecular complexity index is 677. The SMILES string of the molecule is CCOc1cccc(NC(=S)N[C@@H](C)COc2ccc(OC)cc2)c1. The maximum absolute atomic E-state index is 5.74. The summed E-state index contributed by atoms with van der Waals surface area (Å²) in [7, 11) is 1.64. The van der Waals surface area contributed by atoms with Gasteiger partial charge in [0.05, 0.1) is 19.8 Å². The molecule has 0 heterocycles. The quantitative estimate of drug-likeness (QED) is 0.698. The van der Waals surface area contributed by atoms with Crippen molar-refractivity contribution in [1.82, 2.24) is 5.32 Å². The molecule has 0 aliphatic rings. The fourth-order valence-corrected chi connectivity index (χ4v) is 2.48. The van der Waals surface area contributed by atoms with E-state index in [-0.39, 0.29) is 6.04 Å². The summed E-state index contributed by atoms with van der Waals surface area (Å²) in [5.74, 6) is 2.40. The second-order valence-electron chi connectivity index (χ2n) is 5.45. The predicted molar refractivity (Wildman–Crippen MR) is 105 cm³/mol. The fraction of sp³-hybridized carbons (Fsp3) is 0.316. The molecule has 0 unspecified atom stereocenters. The summed E-state index contributed by atoms with van der Waals surface area (Å²) in [5.41, 5.74) is 0.881. The van der Waals surface area contributed by atoms with Crippen LogP contribution in [0.5, 0.6) is 17.2 Å². The molecule has 0 bridgehead atoms. The van der Waals surface area contributed by atoms with Gasteiger partial charge in [-0.2, -0.15) is 0 Å². The lowest BCUT2D eigenvalue weighted by Gasteiger charge is -2.18. The molecule has 0 radical (unpaired) electrons. The molecule has 0 amide bonds. The van der Waals surface area contributed by atoms with Gasteiger partial charge in [0.2, 0.25) is 0 Å². The Morgan fingerprint density at radius 1 is 1.04 bits per heavy atom. The van der Waals surface area contributed by atoms with E-state index >= 15 is 0 Å². The molecule has 25 heavy (non-hydrogen) atoms. The molecule has 2 aromatic carbocycles. The molecular formula is C19H24N2O3S. The first-order valence-corrected chi connectivity index (χ1v) is 8.58. The van der Waals surface area contributed by atoms with E-state index in [1.807, 2.05) is 62.4 Å². The van der Waals surface area contributed by atoms with Crippen molar-refractivity contribution in [2.75, 3.05) is 25.6 Å². The van der Waals surface area contributed by atoms with Crippen LogP contribution in [0.25, 0.3) is 0 Å². The highest BCUT2D eigenvalue weighted by molar-refractivity contribution is 7.80. The molecule has 0 aromatic heterocycles. The Labute approximate surface area is 154 Å². The number of methoxy groups -OCH3 is 1. The maximum Gasteiger partial charge on any atom is 0.171 e. The summed E-state index contributed by atoms with van der Waals surface area (Å²) in [6.45, 7) is 5.09. The minimum atomic E-state index is 0.0529. The first-order valence-electron chi connectivity index (χ1n) is 8.18. The van der Waals surface area contributed by atoms with Crippen LogP contribution in [0.1, 0.15) is 13.8 Å². The van der Waals surface area contributed by atoms with Gasteiger partial charge in [-0.15, -0.1) is 0 Å². The topological polar surface area (TPSA) is 51.8 Å². The first kappa shape index (κ1) is 18.9. The zero-order chi connectivity index (χ0) is 18.1. The third kappa shape index (κ3) is 6.51. The van der Waals surface area contributed by atoms with Crippen molar-refractivity contribution in [2.24, 2.45) is 0 Å². The van der Waals surface area contributed by atoms with Crippen molar-refractivity contribution in [2.45, 2.75) is 19.9 Å². The normalized spacial score (nSPS) is 11.3. The summed E-state index contributed by atoms with van der Waals surface area (Å²) in [6, 6.07) is 15.2. The van der Waals surface area contributed by atoms with Crippen LogP contribution < -0.4 is 24.8 Å². The molecule has 0 spiro atoms. The highest BCUT2D eigenvalue weighted by Crippen LogP contribution is 2.18. The second-order valence-corrected chi connectivity index (χ2v) is 5.86. The van der Waals surface area contributed by atoms with Crippen LogP contribution in [0, 0.1) is 0 Å². The van der Waals surface area contributed by atoms with E-state index in [0.29, 0.717) is 18.3 Å². The van der Waals surface area contributed by atoms with Crippen molar-refractivity contribution in [3.05, 3.63) is 48.5 Å². The molecule has 2 N–H and O–H groups in total. The monoisotopic (exact) mass is 360 g/mol. The number of anilines is 1. The number of hydrogen-bond donors (Lipinski definition) is 2. The number of thiocarbonyl (C=S) groups is 1. The second kappa shape index (κ2) is 9.74. The number of hydrogen-bond acceptors (Lipinski definition) is 4. The smallest absolute Gasteiger partial charge is 0.171 e. The Morgan fingerprint density at radius 3 is 2.44 bits per heavy atom. The molecule has 0 saturated heterocycles. The van der Waals surface area contributed by atoms with Crippen LogP contribution in [0.2, 0.25) is 0 Å². The molecule has 1 atom stereocenters. The average Bonchev–Trinajstić information content (AvgIpc) is 2.61. The summed E-state index contributed by atoms with van der Waals surface area (Å²) >= 11 is 5.35. The number of benzene rings is 2. The number of ether oxygens (including phenoxy) is 3. The molecule has 0 fully saturated rings. The molecule has 2 aromatic rings. The zero-order valence-corrected chi connectivity index (χ0v) is 15.6. The molecule has 0 aliphatic carbocycles. The third-order valence-electron chi connectivity index (χ3n) is 3.34. The summed E-state index contributed by atoms with van der Waals surface area (Å²) in [5, 5.41) is 6.90. The van der Waals surface area contributed by atoms with Crippen LogP contribution >= 0.6 is 12.2 Å². The van der Waals surface area contributed by atoms with Gasteiger partial charge >= 0.3 is 0 Å². The van der Waals surface area contributed by atoms with Crippen LogP contribution in [-0.4, -0.2) is 31.5 Å². The lowest BCUT2D eigenvalue weighted by molar-refractivity contribution is 0.286. The van der Waals surface area contributed by atoms with Gasteiger partial charge in [0.1, 0.15) is 23.9 Å². The van der Waals surface area contributed by atoms with E-state index in [0.717, 1.165) is 22.9 Å². The van der Waals surface area contributed by atoms with E-state index in [4.69, 9.17) is 26.4 Å².